The van der Waals surface area contributed by atoms with Crippen LogP contribution in [0.3, 0.4) is 0 Å². The summed E-state index contributed by atoms with van der Waals surface area (Å²) in [6.07, 6.45) is 0. The van der Waals surface area contributed by atoms with E-state index in [0.717, 1.165) is 0 Å². The summed E-state index contributed by atoms with van der Waals surface area (Å²) in [7, 11) is 0. The van der Waals surface area contributed by atoms with Gasteiger partial charge in [-0.3, -0.25) is 0 Å². The van der Waals surface area contributed by atoms with Crippen LogP contribution in [0, 0.1) is 0 Å². The maximum atomic E-state index is 11.9. The minimum Gasteiger partial charge on any atom is -0.399 e. The maximum absolute atomic E-state index is 11.9. The molecular weight excluding hydrogens is 288 g/mol. The van der Waals surface area contributed by atoms with Crippen LogP contribution in [0.25, 0.3) is 0 Å². The molecule has 7 heteroatoms. The molecule has 0 bridgehead atoms. The lowest BCUT2D eigenvalue weighted by molar-refractivity contribution is -0.208. The fourth-order valence-electron chi connectivity index (χ4n) is 1.80. The Labute approximate surface area is 125 Å². The molecule has 0 spiro atoms. The van der Waals surface area contributed by atoms with E-state index in [0.29, 0.717) is 0 Å². The summed E-state index contributed by atoms with van der Waals surface area (Å²) in [5.41, 5.74) is 11.3. The van der Waals surface area contributed by atoms with Gasteiger partial charge in [-0.05, 0) is 18.2 Å². The molecule has 0 aliphatic rings. The highest BCUT2D eigenvalue weighted by molar-refractivity contribution is 5.99. The number of anilines is 2. The summed E-state index contributed by atoms with van der Waals surface area (Å²) in [5, 5.41) is 19.7. The topological polar surface area (TPSA) is 136 Å². The summed E-state index contributed by atoms with van der Waals surface area (Å²) in [6, 6.07) is 11.2. The number of esters is 2. The lowest BCUT2D eigenvalue weighted by Crippen LogP contribution is -2.38. The Balaban J connectivity index is 2.19. The van der Waals surface area contributed by atoms with Gasteiger partial charge in [0.05, 0.1) is 5.56 Å². The molecule has 0 amide bonds. The van der Waals surface area contributed by atoms with Gasteiger partial charge in [0.25, 0.3) is 5.79 Å². The summed E-state index contributed by atoms with van der Waals surface area (Å²) < 4.78 is 4.48. The van der Waals surface area contributed by atoms with Crippen molar-refractivity contribution in [3.63, 3.8) is 0 Å². The molecule has 7 nitrogen and oxygen atoms in total. The van der Waals surface area contributed by atoms with Crippen LogP contribution in [0.5, 0.6) is 0 Å². The van der Waals surface area contributed by atoms with Gasteiger partial charge in [0.15, 0.2) is 0 Å². The first-order valence-electron chi connectivity index (χ1n) is 6.23. The van der Waals surface area contributed by atoms with Crippen LogP contribution in [0.15, 0.2) is 48.5 Å². The van der Waals surface area contributed by atoms with E-state index >= 15 is 0 Å². The minimum absolute atomic E-state index is 0.0743. The van der Waals surface area contributed by atoms with Gasteiger partial charge in [-0.2, -0.15) is 0 Å². The van der Waals surface area contributed by atoms with Crippen LogP contribution in [-0.4, -0.2) is 22.2 Å². The SMILES string of the molecule is Nc1cc(N)cc(C(=O)OC(=O)C(O)(O)c2ccccc2)c1. The van der Waals surface area contributed by atoms with Crippen molar-refractivity contribution in [2.75, 3.05) is 11.5 Å². The van der Waals surface area contributed by atoms with E-state index in [4.69, 9.17) is 11.5 Å². The van der Waals surface area contributed by atoms with Crippen molar-refractivity contribution >= 4 is 23.3 Å². The van der Waals surface area contributed by atoms with Crippen LogP contribution in [-0.2, 0) is 15.3 Å². The average Bonchev–Trinajstić information content (AvgIpc) is 2.47. The van der Waals surface area contributed by atoms with Crippen LogP contribution >= 0.6 is 0 Å². The molecule has 114 valence electrons. The third-order valence-corrected chi connectivity index (χ3v) is 2.86. The largest absolute Gasteiger partial charge is 0.399 e. The number of nitrogens with two attached hydrogens (primary N) is 2. The van der Waals surface area contributed by atoms with Gasteiger partial charge >= 0.3 is 11.9 Å². The van der Waals surface area contributed by atoms with Crippen LogP contribution in [0.1, 0.15) is 15.9 Å². The van der Waals surface area contributed by atoms with E-state index in [2.05, 4.69) is 4.74 Å². The lowest BCUT2D eigenvalue weighted by Gasteiger charge is -2.19. The van der Waals surface area contributed by atoms with Crippen molar-refractivity contribution in [3.8, 4) is 0 Å². The number of rotatable bonds is 3. The van der Waals surface area contributed by atoms with Crippen LogP contribution in [0.2, 0.25) is 0 Å². The Morgan fingerprint density at radius 3 is 2.05 bits per heavy atom. The highest BCUT2D eigenvalue weighted by atomic mass is 16.6. The van der Waals surface area contributed by atoms with E-state index in [-0.39, 0.29) is 22.5 Å². The van der Waals surface area contributed by atoms with E-state index in [9.17, 15) is 19.8 Å². The molecule has 6 N–H and O–H groups in total. The number of aliphatic hydroxyl groups is 2. The Morgan fingerprint density at radius 2 is 1.50 bits per heavy atom. The molecule has 0 saturated heterocycles. The molecule has 0 atom stereocenters. The van der Waals surface area contributed by atoms with Gasteiger partial charge in [-0.15, -0.1) is 0 Å². The Bertz CT molecular complexity index is 693. The maximum Gasteiger partial charge on any atom is 0.379 e. The fraction of sp³-hybridized carbons (Fsp3) is 0.0667. The monoisotopic (exact) mass is 302 g/mol. The van der Waals surface area contributed by atoms with Gasteiger partial charge in [-0.25, -0.2) is 9.59 Å². The lowest BCUT2D eigenvalue weighted by atomic mass is 10.1. The smallest absolute Gasteiger partial charge is 0.379 e. The summed E-state index contributed by atoms with van der Waals surface area (Å²) in [5.74, 6) is -5.56. The van der Waals surface area contributed by atoms with E-state index < -0.39 is 17.7 Å². The number of nitrogen functional groups attached to an aromatic ring is 2. The van der Waals surface area contributed by atoms with Crippen molar-refractivity contribution in [2.24, 2.45) is 0 Å². The molecule has 0 radical (unpaired) electrons. The third-order valence-electron chi connectivity index (χ3n) is 2.86. The molecule has 2 aromatic rings. The van der Waals surface area contributed by atoms with Crippen molar-refractivity contribution in [2.45, 2.75) is 5.79 Å². The van der Waals surface area contributed by atoms with Crippen LogP contribution in [0.4, 0.5) is 11.4 Å². The second-order valence-electron chi connectivity index (χ2n) is 4.60. The third kappa shape index (κ3) is 3.22. The molecule has 0 fully saturated rings. The normalized spacial score (nSPS) is 11.0. The molecule has 0 heterocycles. The van der Waals surface area contributed by atoms with E-state index in [1.807, 2.05) is 0 Å². The van der Waals surface area contributed by atoms with Gasteiger partial charge in [0.1, 0.15) is 0 Å². The molecule has 0 aliphatic heterocycles. The Hall–Kier alpha value is -2.90. The predicted molar refractivity (Wildman–Crippen MR) is 78.2 cm³/mol. The zero-order valence-corrected chi connectivity index (χ0v) is 11.4. The second-order valence-corrected chi connectivity index (χ2v) is 4.60. The zero-order chi connectivity index (χ0) is 16.3. The van der Waals surface area contributed by atoms with Gasteiger partial charge in [0.2, 0.25) is 0 Å². The number of benzene rings is 2. The van der Waals surface area contributed by atoms with Crippen molar-refractivity contribution < 1.29 is 24.5 Å². The first kappa shape index (κ1) is 15.5. The molecule has 0 aliphatic carbocycles. The molecule has 22 heavy (non-hydrogen) atoms. The van der Waals surface area contributed by atoms with Gasteiger partial charge in [0, 0.05) is 16.9 Å². The van der Waals surface area contributed by atoms with Crippen LogP contribution < -0.4 is 11.5 Å². The van der Waals surface area contributed by atoms with Crippen molar-refractivity contribution in [3.05, 3.63) is 59.7 Å². The summed E-state index contributed by atoms with van der Waals surface area (Å²) >= 11 is 0. The summed E-state index contributed by atoms with van der Waals surface area (Å²) in [4.78, 5) is 23.7. The first-order valence-corrected chi connectivity index (χ1v) is 6.23. The van der Waals surface area contributed by atoms with E-state index in [1.165, 1.54) is 42.5 Å². The number of hydrogen-bond donors (Lipinski definition) is 4. The average molecular weight is 302 g/mol. The van der Waals surface area contributed by atoms with Gasteiger partial charge < -0.3 is 26.4 Å². The highest BCUT2D eigenvalue weighted by Crippen LogP contribution is 2.21. The molecule has 0 unspecified atom stereocenters. The number of hydrogen-bond acceptors (Lipinski definition) is 7. The van der Waals surface area contributed by atoms with Gasteiger partial charge in [-0.1, -0.05) is 30.3 Å². The van der Waals surface area contributed by atoms with Crippen molar-refractivity contribution in [1.82, 2.24) is 0 Å². The Morgan fingerprint density at radius 1 is 0.955 bits per heavy atom. The second kappa shape index (κ2) is 5.84. The van der Waals surface area contributed by atoms with Crippen molar-refractivity contribution in [1.29, 1.82) is 0 Å². The summed E-state index contributed by atoms with van der Waals surface area (Å²) in [6.45, 7) is 0. The number of carbonyl (C=O) groups is 2. The fourth-order valence-corrected chi connectivity index (χ4v) is 1.80. The molecule has 0 aromatic heterocycles. The molecular formula is C15H14N2O5. The number of carbonyl (C=O) groups excluding carboxylic acids is 2. The molecule has 0 saturated carbocycles. The quantitative estimate of drug-likeness (QED) is 0.278. The zero-order valence-electron chi connectivity index (χ0n) is 11.4. The highest BCUT2D eigenvalue weighted by Gasteiger charge is 2.39. The predicted octanol–water partition coefficient (Wildman–Crippen LogP) is 0.372. The Kier molecular flexibility index (Phi) is 4.11. The first-order chi connectivity index (χ1) is 10.3. The molecule has 2 rings (SSSR count). The molecule has 2 aromatic carbocycles. The van der Waals surface area contributed by atoms with E-state index in [1.54, 1.807) is 6.07 Å². The minimum atomic E-state index is -2.94. The standard InChI is InChI=1S/C15H14N2O5/c16-11-6-9(7-12(17)8-11)13(18)22-14(19)15(20,21)10-4-2-1-3-5-10/h1-8,20-21H,16-17H2. The number of ether oxygens (including phenoxy) is 1.